The van der Waals surface area contributed by atoms with Crippen molar-refractivity contribution in [2.75, 3.05) is 26.7 Å². The van der Waals surface area contributed by atoms with Gasteiger partial charge >= 0.3 is 6.16 Å². The van der Waals surface area contributed by atoms with Crippen molar-refractivity contribution in [3.63, 3.8) is 0 Å². The minimum absolute atomic E-state index is 0.0738. The second-order valence-corrected chi connectivity index (χ2v) is 11.4. The number of hydrazine groups is 1. The molecule has 2 unspecified atom stereocenters. The van der Waals surface area contributed by atoms with Gasteiger partial charge < -0.3 is 9.57 Å². The van der Waals surface area contributed by atoms with E-state index in [9.17, 15) is 14.0 Å². The molecule has 12 heteroatoms. The van der Waals surface area contributed by atoms with Crippen LogP contribution in [0.1, 0.15) is 46.6 Å². The number of carbonyl (C=O) groups excluding carboxylic acids is 2. The van der Waals surface area contributed by atoms with Crippen LogP contribution in [0.2, 0.25) is 10.0 Å². The molecule has 0 radical (unpaired) electrons. The molecule has 6 rings (SSSR count). The zero-order valence-corrected chi connectivity index (χ0v) is 23.8. The Bertz CT molecular complexity index is 1510. The molecule has 9 nitrogen and oxygen atoms in total. The van der Waals surface area contributed by atoms with E-state index in [-0.39, 0.29) is 30.5 Å². The SMILES string of the molecule is COC(=O)ON1C/C(=C\c2ccc(F)cc2)c2c(c(C(=O)NN3CC4CCCC4C3)nn2-c2ccc(Cl)cc2Cl)C1. The lowest BCUT2D eigenvalue weighted by Gasteiger charge is -2.28. The van der Waals surface area contributed by atoms with Gasteiger partial charge in [-0.15, -0.1) is 5.06 Å². The third-order valence-corrected chi connectivity index (χ3v) is 8.43. The van der Waals surface area contributed by atoms with Gasteiger partial charge in [-0.25, -0.2) is 18.9 Å². The summed E-state index contributed by atoms with van der Waals surface area (Å²) in [7, 11) is 1.22. The highest BCUT2D eigenvalue weighted by molar-refractivity contribution is 6.35. The van der Waals surface area contributed by atoms with Gasteiger partial charge in [0.25, 0.3) is 5.91 Å². The normalized spacial score (nSPS) is 21.5. The van der Waals surface area contributed by atoms with Crippen molar-refractivity contribution >= 4 is 46.9 Å². The number of methoxy groups -OCH3 is 1. The van der Waals surface area contributed by atoms with Gasteiger partial charge in [-0.2, -0.15) is 5.10 Å². The highest BCUT2D eigenvalue weighted by Gasteiger charge is 2.38. The number of amides is 1. The number of nitrogens with one attached hydrogen (secondary N) is 1. The summed E-state index contributed by atoms with van der Waals surface area (Å²) in [5, 5.41) is 8.93. The second kappa shape index (κ2) is 11.4. The Morgan fingerprint density at radius 1 is 1.07 bits per heavy atom. The molecule has 1 saturated heterocycles. The predicted molar refractivity (Wildman–Crippen MR) is 152 cm³/mol. The minimum Gasteiger partial charge on any atom is -0.436 e. The van der Waals surface area contributed by atoms with Crippen LogP contribution in [-0.2, 0) is 16.1 Å². The van der Waals surface area contributed by atoms with Crippen molar-refractivity contribution < 1.29 is 23.6 Å². The molecule has 214 valence electrons. The quantitative estimate of drug-likeness (QED) is 0.373. The molecule has 3 aliphatic rings. The minimum atomic E-state index is -0.891. The first-order chi connectivity index (χ1) is 19.8. The lowest BCUT2D eigenvalue weighted by atomic mass is 9.98. The van der Waals surface area contributed by atoms with Crippen LogP contribution >= 0.6 is 23.2 Å². The van der Waals surface area contributed by atoms with Crippen LogP contribution in [0, 0.1) is 17.7 Å². The van der Waals surface area contributed by atoms with Crippen LogP contribution in [-0.4, -0.2) is 58.7 Å². The lowest BCUT2D eigenvalue weighted by molar-refractivity contribution is -0.123. The Labute approximate surface area is 246 Å². The summed E-state index contributed by atoms with van der Waals surface area (Å²) in [5.41, 5.74) is 6.27. The van der Waals surface area contributed by atoms with Crippen molar-refractivity contribution in [2.45, 2.75) is 25.8 Å². The van der Waals surface area contributed by atoms with Gasteiger partial charge in [0.15, 0.2) is 5.69 Å². The summed E-state index contributed by atoms with van der Waals surface area (Å²) in [4.78, 5) is 31.2. The number of hydroxylamine groups is 2. The van der Waals surface area contributed by atoms with Crippen LogP contribution in [0.25, 0.3) is 17.3 Å². The number of ether oxygens (including phenoxy) is 1. The maximum absolute atomic E-state index is 13.8. The van der Waals surface area contributed by atoms with Gasteiger partial charge in [0.1, 0.15) is 5.82 Å². The highest BCUT2D eigenvalue weighted by Crippen LogP contribution is 2.38. The number of aromatic nitrogens is 2. The Morgan fingerprint density at radius 2 is 1.80 bits per heavy atom. The Morgan fingerprint density at radius 3 is 2.49 bits per heavy atom. The number of fused-ring (bicyclic) bond motifs is 2. The molecule has 1 aliphatic carbocycles. The van der Waals surface area contributed by atoms with E-state index >= 15 is 0 Å². The van der Waals surface area contributed by atoms with Crippen LogP contribution in [0.4, 0.5) is 9.18 Å². The summed E-state index contributed by atoms with van der Waals surface area (Å²) < 4.78 is 20.0. The van der Waals surface area contributed by atoms with E-state index in [0.717, 1.165) is 13.1 Å². The second-order valence-electron chi connectivity index (χ2n) is 10.5. The van der Waals surface area contributed by atoms with E-state index < -0.39 is 6.16 Å². The Kier molecular flexibility index (Phi) is 7.74. The number of hydrogen-bond acceptors (Lipinski definition) is 7. The van der Waals surface area contributed by atoms with Gasteiger partial charge in [0, 0.05) is 23.7 Å². The number of carbonyl (C=O) groups is 2. The molecular weight excluding hydrogens is 572 g/mol. The first-order valence-electron chi connectivity index (χ1n) is 13.4. The van der Waals surface area contributed by atoms with E-state index in [1.807, 2.05) is 11.1 Å². The third kappa shape index (κ3) is 5.70. The van der Waals surface area contributed by atoms with Crippen molar-refractivity contribution in [1.82, 2.24) is 25.3 Å². The maximum atomic E-state index is 13.8. The Hall–Kier alpha value is -3.44. The Balaban J connectivity index is 1.45. The highest BCUT2D eigenvalue weighted by atomic mass is 35.5. The first kappa shape index (κ1) is 27.7. The fourth-order valence-corrected chi connectivity index (χ4v) is 6.53. The maximum Gasteiger partial charge on any atom is 0.527 e. The molecule has 1 aromatic heterocycles. The number of benzene rings is 2. The topological polar surface area (TPSA) is 88.9 Å². The van der Waals surface area contributed by atoms with Gasteiger partial charge in [-0.05, 0) is 72.2 Å². The first-order valence-corrected chi connectivity index (χ1v) is 14.1. The molecule has 0 bridgehead atoms. The molecule has 1 amide bonds. The molecule has 3 aromatic rings. The number of nitrogens with zero attached hydrogens (tertiary/aromatic N) is 4. The lowest BCUT2D eigenvalue weighted by Crippen LogP contribution is -2.42. The fraction of sp³-hybridized carbons (Fsp3) is 0.345. The molecule has 1 saturated carbocycles. The van der Waals surface area contributed by atoms with Gasteiger partial charge in [-0.1, -0.05) is 41.8 Å². The standard InChI is InChI=1S/C29H28Cl2FN5O4/c1-40-29(39)41-36-15-20(11-17-5-8-22(32)9-6-17)27-23(16-36)26(33-37(27)25-10-7-21(30)12-24(25)31)28(38)34-35-13-18-3-2-4-19(18)14-35/h5-12,18-19H,2-4,13-16H2,1H3,(H,34,38)/b20-11+. The molecule has 3 heterocycles. The van der Waals surface area contributed by atoms with Crippen molar-refractivity contribution in [2.24, 2.45) is 11.8 Å². The summed E-state index contributed by atoms with van der Waals surface area (Å²) in [5.74, 6) is 0.439. The zero-order chi connectivity index (χ0) is 28.7. The van der Waals surface area contributed by atoms with Crippen LogP contribution in [0.5, 0.6) is 0 Å². The molecule has 1 N–H and O–H groups in total. The monoisotopic (exact) mass is 599 g/mol. The van der Waals surface area contributed by atoms with E-state index in [4.69, 9.17) is 37.9 Å². The average Bonchev–Trinajstić information content (AvgIpc) is 3.64. The third-order valence-electron chi connectivity index (χ3n) is 7.89. The number of halogens is 3. The number of hydrogen-bond donors (Lipinski definition) is 1. The summed E-state index contributed by atoms with van der Waals surface area (Å²) in [6, 6.07) is 11.0. The smallest absolute Gasteiger partial charge is 0.436 e. The van der Waals surface area contributed by atoms with Crippen LogP contribution in [0.15, 0.2) is 42.5 Å². The van der Waals surface area contributed by atoms with Crippen molar-refractivity contribution in [3.05, 3.63) is 80.8 Å². The molecule has 41 heavy (non-hydrogen) atoms. The molecule has 2 atom stereocenters. The van der Waals surface area contributed by atoms with Gasteiger partial charge in [-0.3, -0.25) is 10.2 Å². The molecule has 2 aromatic carbocycles. The fourth-order valence-electron chi connectivity index (χ4n) is 6.04. The summed E-state index contributed by atoms with van der Waals surface area (Å²) in [6.45, 7) is 1.82. The zero-order valence-electron chi connectivity index (χ0n) is 22.3. The van der Waals surface area contributed by atoms with E-state index in [1.54, 1.807) is 35.0 Å². The number of rotatable bonds is 5. The summed E-state index contributed by atoms with van der Waals surface area (Å²) in [6.07, 6.45) is 4.52. The van der Waals surface area contributed by atoms with Crippen LogP contribution < -0.4 is 5.43 Å². The van der Waals surface area contributed by atoms with Crippen molar-refractivity contribution in [1.29, 1.82) is 0 Å². The molecule has 2 aliphatic heterocycles. The molecular formula is C29H28Cl2FN5O4. The van der Waals surface area contributed by atoms with E-state index in [2.05, 4.69) is 5.43 Å². The largest absolute Gasteiger partial charge is 0.527 e. The van der Waals surface area contributed by atoms with E-state index in [1.165, 1.54) is 43.6 Å². The van der Waals surface area contributed by atoms with Crippen LogP contribution in [0.3, 0.4) is 0 Å². The van der Waals surface area contributed by atoms with E-state index in [0.29, 0.717) is 50.0 Å². The summed E-state index contributed by atoms with van der Waals surface area (Å²) >= 11 is 12.8. The average molecular weight is 600 g/mol. The molecule has 0 spiro atoms. The molecule has 2 fully saturated rings. The predicted octanol–water partition coefficient (Wildman–Crippen LogP) is 5.75. The van der Waals surface area contributed by atoms with Crippen molar-refractivity contribution in [3.8, 4) is 5.69 Å². The van der Waals surface area contributed by atoms with Gasteiger partial charge in [0.05, 0.1) is 36.6 Å². The van der Waals surface area contributed by atoms with Gasteiger partial charge in [0.2, 0.25) is 0 Å².